The molecule has 1 fully saturated rings. The second kappa shape index (κ2) is 3.18. The second-order valence-corrected chi connectivity index (χ2v) is 6.51. The standard InChI is InChI=1S/C5H13F2O4PSi/c6-12(7,8,9)11-5(13)3-1-2-4-10-5/h8-9H,1-4H2,13H3. The third-order valence-corrected chi connectivity index (χ3v) is 3.80. The molecule has 2 N–H and O–H groups in total. The van der Waals surface area contributed by atoms with Gasteiger partial charge in [-0.25, -0.2) is 0 Å². The van der Waals surface area contributed by atoms with Gasteiger partial charge < -0.3 is 0 Å². The van der Waals surface area contributed by atoms with Gasteiger partial charge >= 0.3 is 76.9 Å². The fourth-order valence-corrected chi connectivity index (χ4v) is 3.54. The average molecular weight is 234 g/mol. The molecule has 0 saturated carbocycles. The van der Waals surface area contributed by atoms with Gasteiger partial charge in [-0.15, -0.1) is 0 Å². The molecule has 4 nitrogen and oxygen atoms in total. The summed E-state index contributed by atoms with van der Waals surface area (Å²) in [5, 5.41) is 0. The van der Waals surface area contributed by atoms with Gasteiger partial charge in [0.25, 0.3) is 0 Å². The van der Waals surface area contributed by atoms with Crippen molar-refractivity contribution in [2.24, 2.45) is 0 Å². The predicted octanol–water partition coefficient (Wildman–Crippen LogP) is 0.275. The van der Waals surface area contributed by atoms with Crippen LogP contribution in [0.3, 0.4) is 0 Å². The third kappa shape index (κ3) is 4.39. The molecule has 1 aliphatic rings. The van der Waals surface area contributed by atoms with Crippen LogP contribution >= 0.6 is 7.91 Å². The fraction of sp³-hybridized carbons (Fsp3) is 1.00. The molecule has 1 rings (SSSR count). The Hall–Kier alpha value is 0.347. The number of rotatable bonds is 2. The Morgan fingerprint density at radius 1 is 1.38 bits per heavy atom. The van der Waals surface area contributed by atoms with Crippen molar-refractivity contribution in [2.75, 3.05) is 6.61 Å². The van der Waals surface area contributed by atoms with E-state index in [9.17, 15) is 8.39 Å². The zero-order chi connectivity index (χ0) is 10.2. The zero-order valence-corrected chi connectivity index (χ0v) is 10.1. The fourth-order valence-electron chi connectivity index (χ4n) is 1.30. The van der Waals surface area contributed by atoms with Crippen LogP contribution in [0, 0.1) is 0 Å². The van der Waals surface area contributed by atoms with Gasteiger partial charge in [-0.05, 0) is 0 Å². The summed E-state index contributed by atoms with van der Waals surface area (Å²) in [6, 6.07) is 0. The molecule has 0 aromatic carbocycles. The zero-order valence-electron chi connectivity index (χ0n) is 7.24. The Kier molecular flexibility index (Phi) is 2.80. The summed E-state index contributed by atoms with van der Waals surface area (Å²) >= 11 is 0. The Bertz CT molecular complexity index is 191. The maximum absolute atomic E-state index is 12.4. The third-order valence-electron chi connectivity index (χ3n) is 1.78. The summed E-state index contributed by atoms with van der Waals surface area (Å²) in [4.78, 5) is 16.5. The Morgan fingerprint density at radius 3 is 2.38 bits per heavy atom. The molecule has 0 radical (unpaired) electrons. The predicted molar refractivity (Wildman–Crippen MR) is 47.1 cm³/mol. The van der Waals surface area contributed by atoms with Crippen molar-refractivity contribution in [2.45, 2.75) is 24.7 Å². The van der Waals surface area contributed by atoms with E-state index in [4.69, 9.17) is 14.5 Å². The molecule has 1 unspecified atom stereocenters. The van der Waals surface area contributed by atoms with E-state index in [0.717, 1.165) is 6.42 Å². The molecule has 0 bridgehead atoms. The summed E-state index contributed by atoms with van der Waals surface area (Å²) in [6.07, 6.45) is 1.79. The van der Waals surface area contributed by atoms with Gasteiger partial charge in [0.1, 0.15) is 0 Å². The first-order valence-corrected chi connectivity index (χ1v) is 6.81. The SMILES string of the molecule is OP(O)(F)(F)OC1([SiH3])CCCCO1. The monoisotopic (exact) mass is 234 g/mol. The maximum atomic E-state index is 12.4. The summed E-state index contributed by atoms with van der Waals surface area (Å²) in [5.74, 6) is 0. The summed E-state index contributed by atoms with van der Waals surface area (Å²) in [5.41, 5.74) is -1.43. The normalized spacial score (nSPS) is 34.0. The molecule has 0 amide bonds. The van der Waals surface area contributed by atoms with Crippen molar-refractivity contribution in [3.05, 3.63) is 0 Å². The van der Waals surface area contributed by atoms with E-state index in [1.54, 1.807) is 0 Å². The first-order chi connectivity index (χ1) is 5.67. The van der Waals surface area contributed by atoms with Crippen molar-refractivity contribution in [1.29, 1.82) is 0 Å². The molecule has 0 aromatic rings. The van der Waals surface area contributed by atoms with Gasteiger partial charge in [0, 0.05) is 0 Å². The number of hydrogen-bond acceptors (Lipinski definition) is 4. The molecular formula is C5H13F2O4PSi. The molecule has 1 atom stereocenters. The van der Waals surface area contributed by atoms with Crippen LogP contribution in [0.15, 0.2) is 0 Å². The minimum atomic E-state index is -6.87. The molecule has 1 aliphatic heterocycles. The quantitative estimate of drug-likeness (QED) is 0.532. The molecule has 0 aromatic heterocycles. The van der Waals surface area contributed by atoms with Crippen LogP contribution in [0.25, 0.3) is 0 Å². The molecule has 1 saturated heterocycles. The van der Waals surface area contributed by atoms with Crippen molar-refractivity contribution in [3.8, 4) is 0 Å². The van der Waals surface area contributed by atoms with Crippen LogP contribution in [-0.2, 0) is 9.26 Å². The minimum absolute atomic E-state index is 0.182. The number of ether oxygens (including phenoxy) is 1. The molecule has 0 aliphatic carbocycles. The van der Waals surface area contributed by atoms with E-state index in [2.05, 4.69) is 4.52 Å². The van der Waals surface area contributed by atoms with Crippen molar-refractivity contribution in [1.82, 2.24) is 0 Å². The van der Waals surface area contributed by atoms with Crippen LogP contribution in [0.1, 0.15) is 19.3 Å². The van der Waals surface area contributed by atoms with E-state index >= 15 is 0 Å². The van der Waals surface area contributed by atoms with Gasteiger partial charge in [-0.1, -0.05) is 0 Å². The van der Waals surface area contributed by atoms with Gasteiger partial charge in [0.2, 0.25) is 0 Å². The van der Waals surface area contributed by atoms with E-state index in [1.165, 1.54) is 0 Å². The number of hydrogen-bond donors (Lipinski definition) is 2. The topological polar surface area (TPSA) is 58.9 Å². The molecule has 80 valence electrons. The van der Waals surface area contributed by atoms with Crippen LogP contribution in [0.4, 0.5) is 8.39 Å². The summed E-state index contributed by atoms with van der Waals surface area (Å²) < 4.78 is 33.8. The molecule has 1 heterocycles. The van der Waals surface area contributed by atoms with Crippen molar-refractivity contribution in [3.63, 3.8) is 0 Å². The van der Waals surface area contributed by atoms with Crippen LogP contribution in [0.5, 0.6) is 0 Å². The van der Waals surface area contributed by atoms with Gasteiger partial charge in [0.15, 0.2) is 0 Å². The van der Waals surface area contributed by atoms with E-state index in [0.29, 0.717) is 19.4 Å². The summed E-state index contributed by atoms with van der Waals surface area (Å²) in [7, 11) is -6.68. The molecule has 0 spiro atoms. The van der Waals surface area contributed by atoms with Gasteiger partial charge in [0.05, 0.1) is 0 Å². The van der Waals surface area contributed by atoms with Crippen LogP contribution < -0.4 is 0 Å². The molecule has 13 heavy (non-hydrogen) atoms. The Labute approximate surface area is 77.7 Å². The summed E-state index contributed by atoms with van der Waals surface area (Å²) in [6.45, 7) is 0.329. The Morgan fingerprint density at radius 2 is 2.00 bits per heavy atom. The first kappa shape index (κ1) is 11.4. The van der Waals surface area contributed by atoms with Crippen molar-refractivity contribution < 1.29 is 27.4 Å². The molecular weight excluding hydrogens is 221 g/mol. The van der Waals surface area contributed by atoms with E-state index in [-0.39, 0.29) is 10.2 Å². The van der Waals surface area contributed by atoms with Crippen LogP contribution in [-0.4, -0.2) is 32.0 Å². The number of halogens is 2. The van der Waals surface area contributed by atoms with E-state index < -0.39 is 13.3 Å². The second-order valence-electron chi connectivity index (χ2n) is 3.29. The van der Waals surface area contributed by atoms with Gasteiger partial charge in [-0.2, -0.15) is 0 Å². The Balaban J connectivity index is 2.61. The van der Waals surface area contributed by atoms with Gasteiger partial charge in [-0.3, -0.25) is 0 Å². The van der Waals surface area contributed by atoms with Crippen molar-refractivity contribution >= 4 is 18.1 Å². The van der Waals surface area contributed by atoms with Crippen LogP contribution in [0.2, 0.25) is 0 Å². The molecule has 8 heteroatoms. The average Bonchev–Trinajstić information content (AvgIpc) is 1.80. The van der Waals surface area contributed by atoms with E-state index in [1.807, 2.05) is 0 Å². The first-order valence-electron chi connectivity index (χ1n) is 3.97.